The highest BCUT2D eigenvalue weighted by molar-refractivity contribution is 14.1. The number of halogens is 2. The van der Waals surface area contributed by atoms with Crippen LogP contribution < -0.4 is 0 Å². The number of aromatic nitrogens is 2. The van der Waals surface area contributed by atoms with Gasteiger partial charge in [0.05, 0.1) is 5.57 Å². The van der Waals surface area contributed by atoms with Crippen LogP contribution in [0.3, 0.4) is 0 Å². The second kappa shape index (κ2) is 4.41. The molecule has 14 heavy (non-hydrogen) atoms. The molecular formula is C9H5I2N3. The predicted molar refractivity (Wildman–Crippen MR) is 73.6 cm³/mol. The van der Waals surface area contributed by atoms with Crippen LogP contribution in [0.15, 0.2) is 36.8 Å². The molecule has 0 unspecified atom stereocenters. The molecular weight excluding hydrogens is 404 g/mol. The molecule has 1 aliphatic rings. The first-order chi connectivity index (χ1) is 6.77. The molecule has 0 atom stereocenters. The van der Waals surface area contributed by atoms with E-state index in [1.165, 1.54) is 0 Å². The fourth-order valence-corrected chi connectivity index (χ4v) is 2.03. The number of H-pyrrole nitrogens is 1. The maximum absolute atomic E-state index is 4.20. The van der Waals surface area contributed by atoms with Crippen LogP contribution in [-0.2, 0) is 0 Å². The summed E-state index contributed by atoms with van der Waals surface area (Å²) in [6, 6.07) is 0. The van der Waals surface area contributed by atoms with Crippen molar-refractivity contribution in [3.05, 3.63) is 37.7 Å². The van der Waals surface area contributed by atoms with Gasteiger partial charge in [0.15, 0.2) is 0 Å². The molecule has 0 saturated carbocycles. The van der Waals surface area contributed by atoms with Gasteiger partial charge in [-0.25, -0.2) is 4.98 Å². The van der Waals surface area contributed by atoms with E-state index < -0.39 is 0 Å². The van der Waals surface area contributed by atoms with Gasteiger partial charge in [0.2, 0.25) is 0 Å². The van der Waals surface area contributed by atoms with Crippen molar-refractivity contribution in [2.45, 2.75) is 0 Å². The van der Waals surface area contributed by atoms with E-state index in [0.29, 0.717) is 0 Å². The van der Waals surface area contributed by atoms with Crippen molar-refractivity contribution in [3.8, 4) is 0 Å². The number of aliphatic imine (C=N–C) groups is 1. The van der Waals surface area contributed by atoms with E-state index >= 15 is 0 Å². The van der Waals surface area contributed by atoms with Crippen molar-refractivity contribution >= 4 is 56.6 Å². The summed E-state index contributed by atoms with van der Waals surface area (Å²) in [6.07, 6.45) is 7.41. The van der Waals surface area contributed by atoms with E-state index in [1.807, 2.05) is 12.2 Å². The Morgan fingerprint density at radius 3 is 2.93 bits per heavy atom. The highest BCUT2D eigenvalue weighted by atomic mass is 127. The lowest BCUT2D eigenvalue weighted by Gasteiger charge is -1.98. The number of hydrogen-bond acceptors (Lipinski definition) is 2. The van der Waals surface area contributed by atoms with Gasteiger partial charge in [-0.3, -0.25) is 0 Å². The molecule has 2 heterocycles. The second-order valence-electron chi connectivity index (χ2n) is 2.56. The maximum atomic E-state index is 4.20. The largest absolute Gasteiger partial charge is 0.345 e. The van der Waals surface area contributed by atoms with Crippen molar-refractivity contribution in [1.29, 1.82) is 0 Å². The third kappa shape index (κ3) is 2.15. The Bertz CT molecular complexity index is 462. The molecule has 70 valence electrons. The Kier molecular flexibility index (Phi) is 3.19. The zero-order valence-corrected chi connectivity index (χ0v) is 11.3. The van der Waals surface area contributed by atoms with Gasteiger partial charge in [0.1, 0.15) is 9.53 Å². The van der Waals surface area contributed by atoms with Gasteiger partial charge in [-0.05, 0) is 57.1 Å². The van der Waals surface area contributed by atoms with E-state index in [2.05, 4.69) is 66.0 Å². The fourth-order valence-electron chi connectivity index (χ4n) is 1.03. The third-order valence-electron chi connectivity index (χ3n) is 1.62. The monoisotopic (exact) mass is 409 g/mol. The molecule has 0 bridgehead atoms. The number of hydrogen-bond donors (Lipinski definition) is 1. The first-order valence-corrected chi connectivity index (χ1v) is 5.99. The summed E-state index contributed by atoms with van der Waals surface area (Å²) < 4.78 is 1.98. The van der Waals surface area contributed by atoms with Crippen molar-refractivity contribution < 1.29 is 0 Å². The van der Waals surface area contributed by atoms with Crippen molar-refractivity contribution in [2.24, 2.45) is 4.99 Å². The Morgan fingerprint density at radius 2 is 2.21 bits per heavy atom. The van der Waals surface area contributed by atoms with Gasteiger partial charge in [-0.15, -0.1) is 0 Å². The van der Waals surface area contributed by atoms with Crippen LogP contribution in [0.1, 0.15) is 5.82 Å². The average Bonchev–Trinajstić information content (AvgIpc) is 2.61. The average molecular weight is 409 g/mol. The van der Waals surface area contributed by atoms with Crippen LogP contribution >= 0.6 is 45.2 Å². The number of nitrogens with zero attached hydrogens (tertiary/aromatic N) is 2. The quantitative estimate of drug-likeness (QED) is 0.563. The molecule has 0 saturated heterocycles. The predicted octanol–water partition coefficient (Wildman–Crippen LogP) is 3.07. The summed E-state index contributed by atoms with van der Waals surface area (Å²) in [5.74, 6) is 3.69. The molecule has 2 rings (SSSR count). The first kappa shape index (κ1) is 10.1. The highest BCUT2D eigenvalue weighted by Gasteiger charge is 2.08. The molecule has 0 aromatic carbocycles. The first-order valence-electron chi connectivity index (χ1n) is 3.83. The minimum absolute atomic E-state index is 0.837. The molecule has 0 amide bonds. The van der Waals surface area contributed by atoms with Gasteiger partial charge in [-0.2, -0.15) is 4.99 Å². The van der Waals surface area contributed by atoms with Gasteiger partial charge in [0, 0.05) is 22.0 Å². The Hall–Kier alpha value is -0.400. The lowest BCUT2D eigenvalue weighted by atomic mass is 10.2. The van der Waals surface area contributed by atoms with Gasteiger partial charge in [-0.1, -0.05) is 0 Å². The Morgan fingerprint density at radius 1 is 1.36 bits per heavy atom. The number of rotatable bonds is 1. The Labute approximate surface area is 108 Å². The molecule has 1 N–H and O–H groups in total. The van der Waals surface area contributed by atoms with Crippen LogP contribution in [0, 0.1) is 0 Å². The Balaban J connectivity index is 2.54. The second-order valence-corrected chi connectivity index (χ2v) is 4.82. The van der Waals surface area contributed by atoms with Crippen LogP contribution in [0.4, 0.5) is 0 Å². The van der Waals surface area contributed by atoms with E-state index in [1.54, 1.807) is 12.4 Å². The highest BCUT2D eigenvalue weighted by Crippen LogP contribution is 2.27. The molecule has 0 aliphatic carbocycles. The molecule has 1 aliphatic heterocycles. The summed E-state index contributed by atoms with van der Waals surface area (Å²) in [6.45, 7) is 0. The van der Waals surface area contributed by atoms with E-state index in [0.717, 1.165) is 18.7 Å². The van der Waals surface area contributed by atoms with Crippen LogP contribution in [0.2, 0.25) is 0 Å². The number of aromatic amines is 1. The molecule has 3 nitrogen and oxygen atoms in total. The summed E-state index contributed by atoms with van der Waals surface area (Å²) in [7, 11) is 0. The van der Waals surface area contributed by atoms with Gasteiger partial charge >= 0.3 is 0 Å². The lowest BCUT2D eigenvalue weighted by molar-refractivity contribution is 1.24. The van der Waals surface area contributed by atoms with Crippen molar-refractivity contribution in [2.75, 3.05) is 0 Å². The third-order valence-corrected chi connectivity index (χ3v) is 3.07. The van der Waals surface area contributed by atoms with Crippen LogP contribution in [0.5, 0.6) is 0 Å². The maximum Gasteiger partial charge on any atom is 0.139 e. The number of imidazole rings is 1. The van der Waals surface area contributed by atoms with Crippen LogP contribution in [0.25, 0.3) is 5.57 Å². The van der Waals surface area contributed by atoms with Crippen LogP contribution in [-0.4, -0.2) is 15.8 Å². The van der Waals surface area contributed by atoms with E-state index in [4.69, 9.17) is 0 Å². The normalized spacial score (nSPS) is 15.7. The number of allylic oxidation sites excluding steroid dienone is 4. The minimum Gasteiger partial charge on any atom is -0.345 e. The topological polar surface area (TPSA) is 41.0 Å². The van der Waals surface area contributed by atoms with E-state index in [9.17, 15) is 0 Å². The summed E-state index contributed by atoms with van der Waals surface area (Å²) in [5.41, 5.74) is 1.00. The smallest absolute Gasteiger partial charge is 0.139 e. The minimum atomic E-state index is 0.837. The van der Waals surface area contributed by atoms with Gasteiger partial charge < -0.3 is 4.98 Å². The van der Waals surface area contributed by atoms with Crippen molar-refractivity contribution in [1.82, 2.24) is 9.97 Å². The lowest BCUT2D eigenvalue weighted by Crippen LogP contribution is -1.85. The summed E-state index contributed by atoms with van der Waals surface area (Å²) >= 11 is 4.41. The molecule has 1 aromatic heterocycles. The van der Waals surface area contributed by atoms with E-state index in [-0.39, 0.29) is 0 Å². The molecule has 0 radical (unpaired) electrons. The summed E-state index contributed by atoms with van der Waals surface area (Å²) in [5, 5.41) is 0. The van der Waals surface area contributed by atoms with Gasteiger partial charge in [0.25, 0.3) is 0 Å². The SMILES string of the molecule is IC1=CC(c2ncc[nH]2)=C(I)N=C=C1. The standard InChI is InChI=1S/C9H5I2N3/c10-6-1-2-12-8(11)7(5-6)9-13-3-4-14-9/h1,3-5H,(H,13,14). The zero-order chi connectivity index (χ0) is 9.97. The molecule has 5 heteroatoms. The molecule has 1 aromatic rings. The van der Waals surface area contributed by atoms with Crippen molar-refractivity contribution in [3.63, 3.8) is 0 Å². The molecule has 0 fully saturated rings. The summed E-state index contributed by atoms with van der Waals surface area (Å²) in [4.78, 5) is 11.4. The number of nitrogens with one attached hydrogen (secondary N) is 1. The zero-order valence-electron chi connectivity index (χ0n) is 6.96. The molecule has 0 spiro atoms. The fraction of sp³-hybridized carbons (Fsp3) is 0.